The Balaban J connectivity index is 0.000000841. The topological polar surface area (TPSA) is 117 Å². The smallest absolute Gasteiger partial charge is 0.298 e. The molecule has 46 heavy (non-hydrogen) atoms. The van der Waals surface area contributed by atoms with Gasteiger partial charge in [0.05, 0.1) is 11.4 Å². The molecule has 2 fully saturated rings. The van der Waals surface area contributed by atoms with Gasteiger partial charge < -0.3 is 21.3 Å². The summed E-state index contributed by atoms with van der Waals surface area (Å²) in [7, 11) is 0. The van der Waals surface area contributed by atoms with Crippen molar-refractivity contribution < 1.29 is 4.39 Å². The average Bonchev–Trinajstić information content (AvgIpc) is 3.80. The van der Waals surface area contributed by atoms with Crippen LogP contribution in [0.15, 0.2) is 71.9 Å². The van der Waals surface area contributed by atoms with Crippen molar-refractivity contribution >= 4 is 35.5 Å². The first-order valence-electron chi connectivity index (χ1n) is 16.1. The van der Waals surface area contributed by atoms with Crippen LogP contribution in [-0.4, -0.2) is 48.3 Å². The molecule has 2 aliphatic rings. The van der Waals surface area contributed by atoms with Gasteiger partial charge in [-0.05, 0) is 73.2 Å². The maximum atomic E-state index is 13.5. The number of nitrogens with one attached hydrogen (secondary N) is 2. The number of hydrogen-bond donors (Lipinski definition) is 4. The summed E-state index contributed by atoms with van der Waals surface area (Å²) in [5.74, 6) is 6.70. The van der Waals surface area contributed by atoms with E-state index in [1.54, 1.807) is 10.8 Å². The van der Waals surface area contributed by atoms with Gasteiger partial charge >= 0.3 is 0 Å². The van der Waals surface area contributed by atoms with E-state index in [9.17, 15) is 9.18 Å². The first-order chi connectivity index (χ1) is 21.5. The Labute approximate surface area is 291 Å². The molecule has 1 aromatic heterocycles. The van der Waals surface area contributed by atoms with Crippen molar-refractivity contribution in [2.45, 2.75) is 72.8 Å². The van der Waals surface area contributed by atoms with Crippen molar-refractivity contribution in [2.24, 2.45) is 17.0 Å². The first kappa shape index (κ1) is 39.2. The highest BCUT2D eigenvalue weighted by molar-refractivity contribution is 14.0. The van der Waals surface area contributed by atoms with Gasteiger partial charge in [0.15, 0.2) is 5.82 Å². The third kappa shape index (κ3) is 12.3. The predicted molar refractivity (Wildman–Crippen MR) is 201 cm³/mol. The van der Waals surface area contributed by atoms with E-state index < -0.39 is 0 Å². The summed E-state index contributed by atoms with van der Waals surface area (Å²) in [6.07, 6.45) is 7.49. The van der Waals surface area contributed by atoms with E-state index in [2.05, 4.69) is 43.2 Å². The Morgan fingerprint density at radius 2 is 1.67 bits per heavy atom. The summed E-state index contributed by atoms with van der Waals surface area (Å²) in [5.41, 5.74) is 9.37. The molecule has 2 atom stereocenters. The normalized spacial score (nSPS) is 17.3. The second kappa shape index (κ2) is 19.0. The van der Waals surface area contributed by atoms with Gasteiger partial charge in [0.25, 0.3) is 5.56 Å². The minimum Gasteiger partial charge on any atom is -0.403 e. The highest BCUT2D eigenvalue weighted by atomic mass is 127. The van der Waals surface area contributed by atoms with Gasteiger partial charge in [-0.1, -0.05) is 53.7 Å². The van der Waals surface area contributed by atoms with Crippen LogP contribution in [0.4, 0.5) is 15.9 Å². The molecule has 2 aromatic carbocycles. The summed E-state index contributed by atoms with van der Waals surface area (Å²) in [5, 5.41) is 8.37. The van der Waals surface area contributed by atoms with Gasteiger partial charge in [-0.15, -0.1) is 24.0 Å². The van der Waals surface area contributed by atoms with E-state index in [-0.39, 0.29) is 35.4 Å². The largest absolute Gasteiger partial charge is 0.403 e. The number of piperazine rings is 1. The zero-order valence-corrected chi connectivity index (χ0v) is 30.6. The van der Waals surface area contributed by atoms with Crippen LogP contribution in [0.25, 0.3) is 5.69 Å². The molecule has 6 N–H and O–H groups in total. The second-order valence-corrected chi connectivity index (χ2v) is 12.8. The molecule has 1 saturated heterocycles. The van der Waals surface area contributed by atoms with Gasteiger partial charge in [-0.2, -0.15) is 0 Å². The summed E-state index contributed by atoms with van der Waals surface area (Å²) >= 11 is 0. The third-order valence-corrected chi connectivity index (χ3v) is 7.13. The number of benzene rings is 2. The fourth-order valence-electron chi connectivity index (χ4n) is 4.94. The molecule has 11 heteroatoms. The van der Waals surface area contributed by atoms with E-state index in [0.29, 0.717) is 23.2 Å². The number of nitrogens with zero attached hydrogens (tertiary/aromatic N) is 4. The summed E-state index contributed by atoms with van der Waals surface area (Å²) in [6, 6.07) is 14.7. The lowest BCUT2D eigenvalue weighted by Gasteiger charge is -2.28. The summed E-state index contributed by atoms with van der Waals surface area (Å²) in [6.45, 7) is 16.7. The molecule has 0 unspecified atom stereocenters. The number of hydrogen-bond acceptors (Lipinski definition) is 8. The van der Waals surface area contributed by atoms with E-state index >= 15 is 0 Å². The SMILES string of the molecule is CC.CC(C)(C)C.I.N/C=C\N(N)c1ccc(-n2cc(CCCN[C@@H]3C[C@H]3c3ccc(F)cc3)nc(N3CCNCC3)c2=O)cc1. The molecule has 0 radical (unpaired) electrons. The molecule has 1 aliphatic heterocycles. The summed E-state index contributed by atoms with van der Waals surface area (Å²) < 4.78 is 14.9. The van der Waals surface area contributed by atoms with E-state index in [4.69, 9.17) is 16.6 Å². The Bertz CT molecular complexity index is 1390. The molecule has 5 rings (SSSR count). The van der Waals surface area contributed by atoms with Crippen LogP contribution in [-0.2, 0) is 6.42 Å². The van der Waals surface area contributed by atoms with Crippen LogP contribution in [0.2, 0.25) is 0 Å². The van der Waals surface area contributed by atoms with Crippen LogP contribution >= 0.6 is 24.0 Å². The van der Waals surface area contributed by atoms with E-state index in [1.165, 1.54) is 28.9 Å². The maximum absolute atomic E-state index is 13.5. The van der Waals surface area contributed by atoms with Gasteiger partial charge in [-0.3, -0.25) is 14.4 Å². The van der Waals surface area contributed by atoms with Crippen molar-refractivity contribution in [3.8, 4) is 5.69 Å². The molecule has 1 aliphatic carbocycles. The van der Waals surface area contributed by atoms with Crippen LogP contribution in [0.1, 0.15) is 71.6 Å². The average molecular weight is 749 g/mol. The molecule has 3 aromatic rings. The first-order valence-corrected chi connectivity index (χ1v) is 16.1. The zero-order valence-electron chi connectivity index (χ0n) is 28.3. The Morgan fingerprint density at radius 3 is 2.26 bits per heavy atom. The zero-order chi connectivity index (χ0) is 33.0. The number of rotatable bonds is 10. The van der Waals surface area contributed by atoms with Crippen molar-refractivity contribution in [1.29, 1.82) is 0 Å². The molecular formula is C35H54FIN8O. The number of hydrazine groups is 1. The second-order valence-electron chi connectivity index (χ2n) is 12.8. The fourth-order valence-corrected chi connectivity index (χ4v) is 4.94. The quantitative estimate of drug-likeness (QED) is 0.0909. The standard InChI is InChI=1S/C28H35FN8O.C5H12.C2H6.HI/c29-21-5-3-20(4-6-21)25-18-26(25)33-12-1-2-22-19-36(23-7-9-24(10-8-23)37(31)15-11-30)28(38)27(34-22)35-16-13-32-14-17-35;1-5(2,3)4;1-2;/h3-11,15,19,25-26,32-33H,1-2,12-14,16-18,30-31H2;1-4H3;1-2H3;1H/b15-11-;;;/t25-,26+;;;/m0.../s1. The molecule has 254 valence electrons. The Morgan fingerprint density at radius 1 is 1.07 bits per heavy atom. The monoisotopic (exact) mass is 748 g/mol. The molecule has 0 amide bonds. The van der Waals surface area contributed by atoms with Crippen LogP contribution in [0, 0.1) is 11.2 Å². The highest BCUT2D eigenvalue weighted by Crippen LogP contribution is 2.40. The third-order valence-electron chi connectivity index (χ3n) is 7.13. The number of aryl methyl sites for hydroxylation is 1. The van der Waals surface area contributed by atoms with E-state index in [1.807, 2.05) is 56.4 Å². The number of aromatic nitrogens is 2. The van der Waals surface area contributed by atoms with Gasteiger partial charge in [0.1, 0.15) is 5.82 Å². The van der Waals surface area contributed by atoms with Crippen LogP contribution in [0.5, 0.6) is 0 Å². The lowest BCUT2D eigenvalue weighted by molar-refractivity contribution is 0.469. The molecule has 2 heterocycles. The van der Waals surface area contributed by atoms with Gasteiger partial charge in [-0.25, -0.2) is 15.2 Å². The van der Waals surface area contributed by atoms with Crippen molar-refractivity contribution in [1.82, 2.24) is 20.2 Å². The maximum Gasteiger partial charge on any atom is 0.298 e. The number of halogens is 2. The van der Waals surface area contributed by atoms with Crippen molar-refractivity contribution in [3.05, 3.63) is 94.6 Å². The van der Waals surface area contributed by atoms with Crippen LogP contribution < -0.4 is 37.7 Å². The van der Waals surface area contributed by atoms with Crippen LogP contribution in [0.3, 0.4) is 0 Å². The number of anilines is 2. The fraction of sp³-hybridized carbons (Fsp3) is 0.486. The molecule has 0 spiro atoms. The molecule has 1 saturated carbocycles. The minimum atomic E-state index is -0.200. The molecular weight excluding hydrogens is 694 g/mol. The lowest BCUT2D eigenvalue weighted by Crippen LogP contribution is -2.46. The summed E-state index contributed by atoms with van der Waals surface area (Å²) in [4.78, 5) is 20.4. The van der Waals surface area contributed by atoms with Gasteiger partial charge in [0, 0.05) is 62.4 Å². The minimum absolute atomic E-state index is 0. The van der Waals surface area contributed by atoms with E-state index in [0.717, 1.165) is 69.1 Å². The van der Waals surface area contributed by atoms with Crippen molar-refractivity contribution in [3.63, 3.8) is 0 Å². The van der Waals surface area contributed by atoms with Crippen molar-refractivity contribution in [2.75, 3.05) is 42.6 Å². The highest BCUT2D eigenvalue weighted by Gasteiger charge is 2.37. The Kier molecular flexibility index (Phi) is 16.2. The predicted octanol–water partition coefficient (Wildman–Crippen LogP) is 5.67. The number of nitrogens with two attached hydrogens (primary N) is 2. The van der Waals surface area contributed by atoms with Gasteiger partial charge in [0.2, 0.25) is 0 Å². The Hall–Kier alpha value is -3.00. The molecule has 9 nitrogen and oxygen atoms in total. The molecule has 0 bridgehead atoms. The lowest BCUT2D eigenvalue weighted by atomic mass is 10.0.